The van der Waals surface area contributed by atoms with Crippen molar-refractivity contribution in [1.29, 1.82) is 0 Å². The molecule has 2 atom stereocenters. The largest absolute Gasteiger partial charge is 0.491 e. The zero-order valence-electron chi connectivity index (χ0n) is 15.7. The monoisotopic (exact) mass is 379 g/mol. The Morgan fingerprint density at radius 1 is 1.04 bits per heavy atom. The Balaban J connectivity index is 1.60. The van der Waals surface area contributed by atoms with E-state index >= 15 is 0 Å². The van der Waals surface area contributed by atoms with Crippen LogP contribution in [0.5, 0.6) is 17.2 Å². The molecule has 144 valence electrons. The number of likely N-dealkylation sites (N-methyl/N-ethyl adjacent to an activating group) is 1. The summed E-state index contributed by atoms with van der Waals surface area (Å²) >= 11 is 0. The van der Waals surface area contributed by atoms with E-state index < -0.39 is 5.41 Å². The first-order chi connectivity index (χ1) is 13.7. The van der Waals surface area contributed by atoms with Gasteiger partial charge < -0.3 is 23.8 Å². The normalized spacial score (nSPS) is 27.1. The third-order valence-electron chi connectivity index (χ3n) is 6.45. The Hall–Kier alpha value is -2.73. The van der Waals surface area contributed by atoms with Crippen LogP contribution < -0.4 is 19.1 Å². The summed E-state index contributed by atoms with van der Waals surface area (Å²) in [7, 11) is 1.85. The Morgan fingerprint density at radius 2 is 1.86 bits per heavy atom. The average Bonchev–Trinajstić information content (AvgIpc) is 3.43. The van der Waals surface area contributed by atoms with Crippen molar-refractivity contribution in [3.63, 3.8) is 0 Å². The fourth-order valence-electron chi connectivity index (χ4n) is 5.10. The summed E-state index contributed by atoms with van der Waals surface area (Å²) in [4.78, 5) is 15.4. The van der Waals surface area contributed by atoms with Crippen LogP contribution in [-0.2, 0) is 14.9 Å². The third kappa shape index (κ3) is 1.93. The van der Waals surface area contributed by atoms with Crippen molar-refractivity contribution in [3.8, 4) is 17.2 Å². The highest BCUT2D eigenvalue weighted by atomic mass is 16.6. The van der Waals surface area contributed by atoms with Gasteiger partial charge in [-0.3, -0.25) is 4.79 Å². The van der Waals surface area contributed by atoms with E-state index in [1.165, 1.54) is 5.56 Å². The zero-order valence-corrected chi connectivity index (χ0v) is 15.7. The van der Waals surface area contributed by atoms with Crippen molar-refractivity contribution in [2.24, 2.45) is 0 Å². The van der Waals surface area contributed by atoms with Gasteiger partial charge in [-0.05, 0) is 24.1 Å². The molecule has 1 amide bonds. The van der Waals surface area contributed by atoms with Crippen LogP contribution in [0.3, 0.4) is 0 Å². The summed E-state index contributed by atoms with van der Waals surface area (Å²) in [5, 5.41) is 0. The summed E-state index contributed by atoms with van der Waals surface area (Å²) in [5.41, 5.74) is 3.25. The van der Waals surface area contributed by atoms with E-state index in [0.29, 0.717) is 49.6 Å². The highest BCUT2D eigenvalue weighted by Gasteiger charge is 2.58. The molecule has 4 aliphatic heterocycles. The first-order valence-corrected chi connectivity index (χ1v) is 9.76. The van der Waals surface area contributed by atoms with Gasteiger partial charge in [0.25, 0.3) is 0 Å². The lowest BCUT2D eigenvalue weighted by atomic mass is 9.73. The van der Waals surface area contributed by atoms with Gasteiger partial charge in [0.1, 0.15) is 31.0 Å². The molecule has 6 nitrogen and oxygen atoms in total. The number of amides is 1. The molecule has 1 fully saturated rings. The predicted molar refractivity (Wildman–Crippen MR) is 102 cm³/mol. The maximum absolute atomic E-state index is 13.6. The van der Waals surface area contributed by atoms with Gasteiger partial charge in [0, 0.05) is 42.5 Å². The topological polar surface area (TPSA) is 57.2 Å². The van der Waals surface area contributed by atoms with Crippen molar-refractivity contribution >= 4 is 11.6 Å². The molecule has 0 aliphatic carbocycles. The summed E-state index contributed by atoms with van der Waals surface area (Å²) in [6.07, 6.45) is 0.972. The van der Waals surface area contributed by atoms with Gasteiger partial charge in [0.05, 0.1) is 6.61 Å². The van der Waals surface area contributed by atoms with Gasteiger partial charge in [-0.15, -0.1) is 0 Å². The number of rotatable bonds is 1. The number of benzene rings is 2. The van der Waals surface area contributed by atoms with E-state index in [1.54, 1.807) is 4.90 Å². The van der Waals surface area contributed by atoms with Crippen LogP contribution in [0.4, 0.5) is 5.69 Å². The molecule has 4 heterocycles. The number of anilines is 1. The fourth-order valence-corrected chi connectivity index (χ4v) is 5.10. The Bertz CT molecular complexity index is 997. The van der Waals surface area contributed by atoms with Crippen LogP contribution in [0.2, 0.25) is 0 Å². The molecule has 6 rings (SSSR count). The van der Waals surface area contributed by atoms with Crippen molar-refractivity contribution in [2.75, 3.05) is 45.0 Å². The molecule has 0 saturated carbocycles. The summed E-state index contributed by atoms with van der Waals surface area (Å²) in [5.74, 6) is 2.41. The number of ether oxygens (including phenoxy) is 4. The highest BCUT2D eigenvalue weighted by molar-refractivity contribution is 6.11. The van der Waals surface area contributed by atoms with Gasteiger partial charge in [-0.2, -0.15) is 0 Å². The second-order valence-electron chi connectivity index (χ2n) is 7.85. The molecule has 28 heavy (non-hydrogen) atoms. The molecule has 1 spiro atoms. The molecule has 0 N–H and O–H groups in total. The van der Waals surface area contributed by atoms with Crippen LogP contribution in [-0.4, -0.2) is 46.0 Å². The minimum absolute atomic E-state index is 0.0456. The van der Waals surface area contributed by atoms with Crippen LogP contribution in [0.25, 0.3) is 0 Å². The van der Waals surface area contributed by atoms with Crippen molar-refractivity contribution in [2.45, 2.75) is 17.8 Å². The molecule has 0 bridgehead atoms. The SMILES string of the molecule is CN1C(=O)C2(COc3cc4c(cc32)OCCO4)c2c(C3CCOC3)cccc21. The van der Waals surface area contributed by atoms with Crippen molar-refractivity contribution < 1.29 is 23.7 Å². The maximum Gasteiger partial charge on any atom is 0.245 e. The molecule has 6 heteroatoms. The third-order valence-corrected chi connectivity index (χ3v) is 6.45. The predicted octanol–water partition coefficient (Wildman–Crippen LogP) is 2.62. The molecular weight excluding hydrogens is 358 g/mol. The van der Waals surface area contributed by atoms with E-state index in [2.05, 4.69) is 6.07 Å². The van der Waals surface area contributed by atoms with Crippen molar-refractivity contribution in [1.82, 2.24) is 0 Å². The van der Waals surface area contributed by atoms with E-state index in [-0.39, 0.29) is 5.91 Å². The van der Waals surface area contributed by atoms with Crippen molar-refractivity contribution in [3.05, 3.63) is 47.0 Å². The Labute approximate surface area is 162 Å². The lowest BCUT2D eigenvalue weighted by Crippen LogP contribution is -2.41. The highest BCUT2D eigenvalue weighted by Crippen LogP contribution is 2.56. The smallest absolute Gasteiger partial charge is 0.245 e. The summed E-state index contributed by atoms with van der Waals surface area (Å²) in [6.45, 7) is 2.78. The molecule has 2 aromatic rings. The molecule has 1 saturated heterocycles. The second-order valence-corrected chi connectivity index (χ2v) is 7.85. The minimum Gasteiger partial charge on any atom is -0.491 e. The number of hydrogen-bond acceptors (Lipinski definition) is 5. The molecule has 0 aromatic heterocycles. The standard InChI is InChI=1S/C22H21NO5/c1-23-16-4-2-3-14(13-5-6-25-11-13)20(16)22(21(23)24)12-28-17-10-19-18(9-15(17)22)26-7-8-27-19/h2-4,9-10,13H,5-8,11-12H2,1H3. The lowest BCUT2D eigenvalue weighted by molar-refractivity contribution is -0.121. The first kappa shape index (κ1) is 16.2. The summed E-state index contributed by atoms with van der Waals surface area (Å²) in [6, 6.07) is 10.0. The van der Waals surface area contributed by atoms with E-state index in [0.717, 1.165) is 29.8 Å². The molecule has 0 radical (unpaired) electrons. The summed E-state index contributed by atoms with van der Waals surface area (Å²) < 4.78 is 23.2. The number of fused-ring (bicyclic) bond motifs is 5. The van der Waals surface area contributed by atoms with Gasteiger partial charge in [0.2, 0.25) is 5.91 Å². The first-order valence-electron chi connectivity index (χ1n) is 9.76. The fraction of sp³-hybridized carbons (Fsp3) is 0.409. The van der Waals surface area contributed by atoms with Crippen LogP contribution in [0, 0.1) is 0 Å². The number of carbonyl (C=O) groups excluding carboxylic acids is 1. The van der Waals surface area contributed by atoms with Gasteiger partial charge in [-0.1, -0.05) is 12.1 Å². The molecular formula is C22H21NO5. The Kier molecular flexibility index (Phi) is 3.27. The number of carbonyl (C=O) groups is 1. The van der Waals surface area contributed by atoms with E-state index in [9.17, 15) is 4.79 Å². The quantitative estimate of drug-likeness (QED) is 0.762. The van der Waals surface area contributed by atoms with Gasteiger partial charge in [-0.25, -0.2) is 0 Å². The second kappa shape index (κ2) is 5.64. The number of nitrogens with zero attached hydrogens (tertiary/aromatic N) is 1. The average molecular weight is 379 g/mol. The van der Waals surface area contributed by atoms with E-state index in [1.807, 2.05) is 31.3 Å². The van der Waals surface area contributed by atoms with E-state index in [4.69, 9.17) is 18.9 Å². The van der Waals surface area contributed by atoms with Crippen LogP contribution in [0.1, 0.15) is 29.0 Å². The lowest BCUT2D eigenvalue weighted by Gasteiger charge is -2.26. The van der Waals surface area contributed by atoms with Crippen LogP contribution >= 0.6 is 0 Å². The Morgan fingerprint density at radius 3 is 2.64 bits per heavy atom. The maximum atomic E-state index is 13.6. The van der Waals surface area contributed by atoms with Crippen LogP contribution in [0.15, 0.2) is 30.3 Å². The minimum atomic E-state index is -0.839. The molecule has 2 aromatic carbocycles. The number of hydrogen-bond donors (Lipinski definition) is 0. The molecule has 4 aliphatic rings. The molecule has 2 unspecified atom stereocenters. The van der Waals surface area contributed by atoms with Gasteiger partial charge >= 0.3 is 0 Å². The van der Waals surface area contributed by atoms with Gasteiger partial charge in [0.15, 0.2) is 11.5 Å². The zero-order chi connectivity index (χ0) is 18.9.